The first-order valence-corrected chi connectivity index (χ1v) is 22.3. The number of halogens is 1. The van der Waals surface area contributed by atoms with Gasteiger partial charge in [0.15, 0.2) is 0 Å². The number of hydrogen-bond acceptors (Lipinski definition) is 2. The van der Waals surface area contributed by atoms with E-state index in [1.165, 1.54) is 25.2 Å². The first-order chi connectivity index (χ1) is 6.04. The van der Waals surface area contributed by atoms with E-state index in [0.29, 0.717) is 0 Å². The van der Waals surface area contributed by atoms with Crippen molar-refractivity contribution in [3.8, 4) is 0 Å². The molecule has 1 aliphatic heterocycles. The number of hydrogen-bond donors (Lipinski definition) is 0. The third kappa shape index (κ3) is 4.11. The van der Waals surface area contributed by atoms with Crippen molar-refractivity contribution in [2.45, 2.75) is 35.6 Å². The molecule has 0 aromatic heterocycles. The van der Waals surface area contributed by atoms with Crippen LogP contribution in [0.25, 0.3) is 0 Å². The SMILES string of the molecule is CCP(=S)(CC)S[Te]1(I)CCCC1. The van der Waals surface area contributed by atoms with Crippen LogP contribution in [0.3, 0.4) is 0 Å². The molecular weight excluding hydrogens is 446 g/mol. The van der Waals surface area contributed by atoms with Crippen molar-refractivity contribution in [1.29, 1.82) is 0 Å². The van der Waals surface area contributed by atoms with Crippen LogP contribution in [0.15, 0.2) is 0 Å². The predicted octanol–water partition coefficient (Wildman–Crippen LogP) is 4.82. The van der Waals surface area contributed by atoms with Crippen LogP contribution >= 0.6 is 32.5 Å². The topological polar surface area (TPSA) is 0 Å². The molecular formula is C8H18IPS2Te. The van der Waals surface area contributed by atoms with Gasteiger partial charge in [0.25, 0.3) is 0 Å². The van der Waals surface area contributed by atoms with Crippen molar-refractivity contribution in [1.82, 2.24) is 0 Å². The molecule has 13 heavy (non-hydrogen) atoms. The second kappa shape index (κ2) is 5.73. The third-order valence-electron chi connectivity index (χ3n) is 2.38. The molecule has 0 aromatic carbocycles. The Morgan fingerprint density at radius 2 is 1.77 bits per heavy atom. The predicted molar refractivity (Wildman–Crippen MR) is 81.6 cm³/mol. The average Bonchev–Trinajstić information content (AvgIpc) is 2.51. The van der Waals surface area contributed by atoms with Gasteiger partial charge in [-0.25, -0.2) is 0 Å². The Bertz CT molecular complexity index is 208. The van der Waals surface area contributed by atoms with E-state index in [2.05, 4.69) is 41.2 Å². The standard InChI is InChI=1S/C8H18IPS2Te/c1-3-10(11,4-2)12-13(9)7-5-6-8-13/h3-8H2,1-2H3. The molecule has 0 amide bonds. The molecule has 0 radical (unpaired) electrons. The zero-order chi connectivity index (χ0) is 9.95. The first kappa shape index (κ1) is 13.6. The quantitative estimate of drug-likeness (QED) is 0.333. The van der Waals surface area contributed by atoms with Crippen LogP contribution in [0, 0.1) is 0 Å². The van der Waals surface area contributed by atoms with E-state index < -0.39 is 18.1 Å². The summed E-state index contributed by atoms with van der Waals surface area (Å²) in [5.74, 6) is 0. The minimum atomic E-state index is -1.46. The van der Waals surface area contributed by atoms with Gasteiger partial charge in [-0.2, -0.15) is 0 Å². The van der Waals surface area contributed by atoms with Crippen LogP contribution in [-0.2, 0) is 11.8 Å². The Morgan fingerprint density at radius 3 is 2.15 bits per heavy atom. The molecule has 0 bridgehead atoms. The normalized spacial score (nSPS) is 24.5. The molecule has 0 aromatic rings. The Kier molecular flexibility index (Phi) is 5.99. The fourth-order valence-corrected chi connectivity index (χ4v) is 69.1. The van der Waals surface area contributed by atoms with Crippen LogP contribution < -0.4 is 0 Å². The van der Waals surface area contributed by atoms with Crippen LogP contribution in [0.5, 0.6) is 0 Å². The van der Waals surface area contributed by atoms with Gasteiger partial charge in [0.2, 0.25) is 0 Å². The molecule has 0 spiro atoms. The van der Waals surface area contributed by atoms with E-state index in [9.17, 15) is 0 Å². The van der Waals surface area contributed by atoms with Crippen LogP contribution in [0.4, 0.5) is 0 Å². The van der Waals surface area contributed by atoms with Crippen molar-refractivity contribution < 1.29 is 0 Å². The molecule has 1 aliphatic rings. The second-order valence-electron chi connectivity index (χ2n) is 3.36. The Balaban J connectivity index is 2.60. The van der Waals surface area contributed by atoms with Crippen molar-refractivity contribution in [3.05, 3.63) is 0 Å². The van der Waals surface area contributed by atoms with E-state index in [1.54, 1.807) is 8.94 Å². The van der Waals surface area contributed by atoms with E-state index in [-0.39, 0.29) is 0 Å². The summed E-state index contributed by atoms with van der Waals surface area (Å²) in [6, 6.07) is 0. The van der Waals surface area contributed by atoms with Gasteiger partial charge in [-0.3, -0.25) is 0 Å². The van der Waals surface area contributed by atoms with Crippen molar-refractivity contribution in [3.63, 3.8) is 0 Å². The zero-order valence-corrected chi connectivity index (χ0v) is 15.3. The van der Waals surface area contributed by atoms with Crippen LogP contribution in [0.1, 0.15) is 26.7 Å². The van der Waals surface area contributed by atoms with Gasteiger partial charge in [0, 0.05) is 0 Å². The Morgan fingerprint density at radius 1 is 1.31 bits per heavy atom. The molecule has 0 nitrogen and oxygen atoms in total. The van der Waals surface area contributed by atoms with E-state index in [0.717, 1.165) is 0 Å². The summed E-state index contributed by atoms with van der Waals surface area (Å²) in [7, 11) is 2.36. The van der Waals surface area contributed by atoms with E-state index >= 15 is 0 Å². The summed E-state index contributed by atoms with van der Waals surface area (Å²) in [6.45, 7) is 4.60. The van der Waals surface area contributed by atoms with Gasteiger partial charge in [0.1, 0.15) is 0 Å². The van der Waals surface area contributed by atoms with Gasteiger partial charge in [-0.05, 0) is 0 Å². The Labute approximate surface area is 104 Å². The van der Waals surface area contributed by atoms with E-state index in [4.69, 9.17) is 11.8 Å². The van der Waals surface area contributed by atoms with Crippen LogP contribution in [0.2, 0.25) is 8.94 Å². The zero-order valence-electron chi connectivity index (χ0n) is 8.29. The molecule has 0 aliphatic carbocycles. The average molecular weight is 464 g/mol. The second-order valence-corrected chi connectivity index (χ2v) is 41.6. The molecule has 5 heteroatoms. The van der Waals surface area contributed by atoms with Gasteiger partial charge < -0.3 is 0 Å². The molecule has 1 rings (SSSR count). The number of rotatable bonds is 4. The van der Waals surface area contributed by atoms with Crippen molar-refractivity contribution in [2.75, 3.05) is 12.3 Å². The molecule has 0 atom stereocenters. The van der Waals surface area contributed by atoms with Crippen LogP contribution in [-0.4, -0.2) is 25.2 Å². The molecule has 1 fully saturated rings. The summed E-state index contributed by atoms with van der Waals surface area (Å²) in [6.07, 6.45) is 5.56. The Hall–Kier alpha value is 2.52. The monoisotopic (exact) mass is 466 g/mol. The van der Waals surface area contributed by atoms with Crippen molar-refractivity contribution in [2.24, 2.45) is 0 Å². The molecule has 1 heterocycles. The van der Waals surface area contributed by atoms with Crippen molar-refractivity contribution >= 4 is 57.2 Å². The summed E-state index contributed by atoms with van der Waals surface area (Å²) >= 11 is 7.22. The molecule has 1 saturated heterocycles. The molecule has 0 N–H and O–H groups in total. The summed E-state index contributed by atoms with van der Waals surface area (Å²) < 4.78 is 3.15. The van der Waals surface area contributed by atoms with Gasteiger partial charge in [0.05, 0.1) is 0 Å². The fraction of sp³-hybridized carbons (Fsp3) is 1.00. The summed E-state index contributed by atoms with van der Waals surface area (Å²) in [4.78, 5) is 0. The van der Waals surface area contributed by atoms with E-state index in [1.807, 2.05) is 0 Å². The maximum absolute atomic E-state index is 5.83. The summed E-state index contributed by atoms with van der Waals surface area (Å²) in [5.41, 5.74) is 0. The van der Waals surface area contributed by atoms with Gasteiger partial charge in [-0.1, -0.05) is 0 Å². The van der Waals surface area contributed by atoms with Gasteiger partial charge >= 0.3 is 105 Å². The molecule has 0 saturated carbocycles. The summed E-state index contributed by atoms with van der Waals surface area (Å²) in [5, 5.41) is -0.969. The molecule has 80 valence electrons. The maximum atomic E-state index is 5.83. The fourth-order valence-electron chi connectivity index (χ4n) is 1.38. The molecule has 0 unspecified atom stereocenters. The third-order valence-corrected chi connectivity index (χ3v) is 50.1. The minimum absolute atomic E-state index is 0.969. The van der Waals surface area contributed by atoms with Gasteiger partial charge in [-0.15, -0.1) is 0 Å². The first-order valence-electron chi connectivity index (χ1n) is 4.81.